The summed E-state index contributed by atoms with van der Waals surface area (Å²) in [4.78, 5) is 0. The minimum absolute atomic E-state index is 0.508. The zero-order valence-corrected chi connectivity index (χ0v) is 22.0. The third kappa shape index (κ3) is 3.60. The maximum atomic E-state index is 6.02. The van der Waals surface area contributed by atoms with E-state index in [2.05, 4.69) is 64.3 Å². The Hall–Kier alpha value is -4.72. The van der Waals surface area contributed by atoms with Crippen LogP contribution in [-0.2, 0) is 7.05 Å². The predicted molar refractivity (Wildman–Crippen MR) is 149 cm³/mol. The molecular weight excluding hydrogens is 480 g/mol. The molecule has 0 amide bonds. The summed E-state index contributed by atoms with van der Waals surface area (Å²) >= 11 is 0. The van der Waals surface area contributed by atoms with Crippen molar-refractivity contribution in [2.75, 3.05) is 27.9 Å². The maximum Gasteiger partial charge on any atom is 0.203 e. The van der Waals surface area contributed by atoms with Crippen molar-refractivity contribution in [2.24, 2.45) is 7.05 Å². The van der Waals surface area contributed by atoms with Crippen LogP contribution in [0.4, 0.5) is 0 Å². The van der Waals surface area contributed by atoms with Crippen LogP contribution in [-0.4, -0.2) is 47.1 Å². The summed E-state index contributed by atoms with van der Waals surface area (Å²) < 4.78 is 26.8. The Labute approximate surface area is 219 Å². The highest BCUT2D eigenvalue weighted by molar-refractivity contribution is 6.09. The molecule has 6 rings (SSSR count). The number of rotatable bonds is 7. The summed E-state index contributed by atoms with van der Waals surface area (Å²) in [6, 6.07) is 20.8. The number of para-hydroxylation sites is 1. The lowest BCUT2D eigenvalue weighted by molar-refractivity contribution is 0.324. The molecule has 0 N–H and O–H groups in total. The van der Waals surface area contributed by atoms with E-state index >= 15 is 0 Å². The number of hydrogen-bond acceptors (Lipinski definition) is 6. The van der Waals surface area contributed by atoms with E-state index in [0.717, 1.165) is 16.7 Å². The lowest BCUT2D eigenvalue weighted by Crippen LogP contribution is -1.99. The molecule has 0 saturated heterocycles. The average Bonchev–Trinajstić information content (AvgIpc) is 3.51. The van der Waals surface area contributed by atoms with Crippen LogP contribution < -0.4 is 18.9 Å². The third-order valence-corrected chi connectivity index (χ3v) is 6.94. The Morgan fingerprint density at radius 3 is 2.13 bits per heavy atom. The van der Waals surface area contributed by atoms with E-state index in [9.17, 15) is 0 Å². The molecule has 3 aromatic heterocycles. The van der Waals surface area contributed by atoms with Gasteiger partial charge in [0.25, 0.3) is 0 Å². The number of ether oxygens (including phenoxy) is 4. The molecule has 3 aromatic carbocycles. The van der Waals surface area contributed by atoms with Crippen molar-refractivity contribution >= 4 is 27.5 Å². The van der Waals surface area contributed by atoms with Gasteiger partial charge in [0.2, 0.25) is 11.4 Å². The largest absolute Gasteiger partial charge is 0.493 e. The summed E-state index contributed by atoms with van der Waals surface area (Å²) in [6.07, 6.45) is 2.04. The van der Waals surface area contributed by atoms with Crippen molar-refractivity contribution in [1.29, 1.82) is 0 Å². The van der Waals surface area contributed by atoms with Gasteiger partial charge in [-0.2, -0.15) is 0 Å². The number of benzene rings is 3. The molecule has 0 radical (unpaired) electrons. The van der Waals surface area contributed by atoms with Gasteiger partial charge < -0.3 is 23.5 Å². The van der Waals surface area contributed by atoms with E-state index in [4.69, 9.17) is 18.9 Å². The number of aromatic nitrogens is 4. The van der Waals surface area contributed by atoms with Crippen LogP contribution in [0.15, 0.2) is 66.9 Å². The van der Waals surface area contributed by atoms with Gasteiger partial charge in [0.05, 0.1) is 27.9 Å². The first-order chi connectivity index (χ1) is 18.6. The Bertz CT molecular complexity index is 1790. The van der Waals surface area contributed by atoms with E-state index in [0.29, 0.717) is 41.1 Å². The number of methoxy groups -OCH3 is 3. The zero-order valence-electron chi connectivity index (χ0n) is 22.0. The van der Waals surface area contributed by atoms with E-state index in [1.54, 1.807) is 21.3 Å². The molecule has 8 nitrogen and oxygen atoms in total. The molecule has 6 aromatic rings. The van der Waals surface area contributed by atoms with Crippen molar-refractivity contribution in [3.63, 3.8) is 0 Å². The average molecular weight is 509 g/mol. The van der Waals surface area contributed by atoms with Crippen molar-refractivity contribution in [3.8, 4) is 45.5 Å². The second kappa shape index (κ2) is 9.30. The van der Waals surface area contributed by atoms with Crippen molar-refractivity contribution < 1.29 is 18.9 Å². The van der Waals surface area contributed by atoms with E-state index in [-0.39, 0.29) is 0 Å². The van der Waals surface area contributed by atoms with Gasteiger partial charge in [-0.3, -0.25) is 4.40 Å². The second-order valence-electron chi connectivity index (χ2n) is 8.97. The molecule has 3 heterocycles. The van der Waals surface area contributed by atoms with E-state index in [1.807, 2.05) is 35.7 Å². The second-order valence-corrected chi connectivity index (χ2v) is 8.97. The Balaban J connectivity index is 1.58. The van der Waals surface area contributed by atoms with Crippen LogP contribution in [0.3, 0.4) is 0 Å². The molecule has 192 valence electrons. The quantitative estimate of drug-likeness (QED) is 0.258. The number of fused-ring (bicyclic) bond motifs is 4. The summed E-state index contributed by atoms with van der Waals surface area (Å²) in [5.41, 5.74) is 5.85. The van der Waals surface area contributed by atoms with Gasteiger partial charge in [0.15, 0.2) is 23.1 Å². The summed E-state index contributed by atoms with van der Waals surface area (Å²) in [6.45, 7) is 2.47. The molecule has 0 aliphatic rings. The minimum Gasteiger partial charge on any atom is -0.493 e. The van der Waals surface area contributed by atoms with Gasteiger partial charge in [-0.25, -0.2) is 0 Å². The van der Waals surface area contributed by atoms with Crippen LogP contribution in [0, 0.1) is 0 Å². The molecule has 0 unspecified atom stereocenters. The molecule has 0 fully saturated rings. The van der Waals surface area contributed by atoms with Crippen LogP contribution in [0.5, 0.6) is 23.0 Å². The maximum absolute atomic E-state index is 6.02. The number of nitrogens with zero attached hydrogens (tertiary/aromatic N) is 4. The molecular formula is C30H28N4O4. The lowest BCUT2D eigenvalue weighted by atomic mass is 10.0. The Kier molecular flexibility index (Phi) is 5.79. The summed E-state index contributed by atoms with van der Waals surface area (Å²) in [5, 5.41) is 11.4. The third-order valence-electron chi connectivity index (χ3n) is 6.94. The first kappa shape index (κ1) is 23.7. The summed E-state index contributed by atoms with van der Waals surface area (Å²) in [7, 11) is 6.87. The van der Waals surface area contributed by atoms with Gasteiger partial charge in [-0.05, 0) is 48.9 Å². The topological polar surface area (TPSA) is 72.0 Å². The van der Waals surface area contributed by atoms with Gasteiger partial charge in [-0.15, -0.1) is 10.2 Å². The first-order valence-corrected chi connectivity index (χ1v) is 12.4. The monoisotopic (exact) mass is 508 g/mol. The normalized spacial score (nSPS) is 11.4. The fraction of sp³-hybridized carbons (Fsp3) is 0.200. The van der Waals surface area contributed by atoms with Crippen molar-refractivity contribution in [3.05, 3.63) is 66.9 Å². The van der Waals surface area contributed by atoms with Crippen LogP contribution in [0.25, 0.3) is 50.0 Å². The molecule has 8 heteroatoms. The van der Waals surface area contributed by atoms with Crippen molar-refractivity contribution in [2.45, 2.75) is 6.92 Å². The fourth-order valence-electron chi connectivity index (χ4n) is 5.14. The summed E-state index contributed by atoms with van der Waals surface area (Å²) in [5.74, 6) is 2.90. The molecule has 0 spiro atoms. The van der Waals surface area contributed by atoms with Gasteiger partial charge in [0, 0.05) is 46.2 Å². The van der Waals surface area contributed by atoms with Gasteiger partial charge in [0.1, 0.15) is 0 Å². The number of pyridine rings is 1. The SMILES string of the molecule is CCOc1cc(-c2ccc3c(c2)c2ccccc2n3C)cn2c(-c3cc(OC)c(OC)c(OC)c3)nnc12. The van der Waals surface area contributed by atoms with E-state index in [1.165, 1.54) is 21.8 Å². The highest BCUT2D eigenvalue weighted by Gasteiger charge is 2.20. The number of aryl methyl sites for hydroxylation is 1. The molecule has 0 aliphatic carbocycles. The molecule has 38 heavy (non-hydrogen) atoms. The fourth-order valence-corrected chi connectivity index (χ4v) is 5.14. The van der Waals surface area contributed by atoms with Crippen LogP contribution in [0.1, 0.15) is 6.92 Å². The van der Waals surface area contributed by atoms with Crippen LogP contribution in [0.2, 0.25) is 0 Å². The molecule has 0 atom stereocenters. The Morgan fingerprint density at radius 2 is 1.42 bits per heavy atom. The molecule has 0 bridgehead atoms. The molecule has 0 aliphatic heterocycles. The Morgan fingerprint density at radius 1 is 0.711 bits per heavy atom. The van der Waals surface area contributed by atoms with Gasteiger partial charge >= 0.3 is 0 Å². The molecule has 0 saturated carbocycles. The standard InChI is InChI=1S/C30H28N4O4/c1-6-38-27-16-20(18-11-12-24-22(13-18)21-9-7-8-10-23(21)33(24)2)17-34-29(31-32-30(27)34)19-14-25(35-3)28(37-5)26(15-19)36-4/h7-17H,6H2,1-5H3. The minimum atomic E-state index is 0.508. The van der Waals surface area contributed by atoms with Crippen molar-refractivity contribution in [1.82, 2.24) is 19.2 Å². The first-order valence-electron chi connectivity index (χ1n) is 12.4. The van der Waals surface area contributed by atoms with Gasteiger partial charge in [-0.1, -0.05) is 24.3 Å². The smallest absolute Gasteiger partial charge is 0.203 e. The van der Waals surface area contributed by atoms with E-state index < -0.39 is 0 Å². The highest BCUT2D eigenvalue weighted by Crippen LogP contribution is 2.41. The number of hydrogen-bond donors (Lipinski definition) is 0. The zero-order chi connectivity index (χ0) is 26.4. The highest BCUT2D eigenvalue weighted by atomic mass is 16.5. The lowest BCUT2D eigenvalue weighted by Gasteiger charge is -2.14. The predicted octanol–water partition coefficient (Wildman–Crippen LogP) is 6.13. The van der Waals surface area contributed by atoms with Crippen LogP contribution >= 0.6 is 0 Å².